The maximum Gasteiger partial charge on any atom is 0.240 e. The third kappa shape index (κ3) is 3.48. The zero-order valence-corrected chi connectivity index (χ0v) is 12.2. The fourth-order valence-electron chi connectivity index (χ4n) is 2.47. The van der Waals surface area contributed by atoms with Gasteiger partial charge in [-0.2, -0.15) is 0 Å². The first-order valence-corrected chi connectivity index (χ1v) is 7.19. The van der Waals surface area contributed by atoms with Gasteiger partial charge in [0.2, 0.25) is 11.8 Å². The summed E-state index contributed by atoms with van der Waals surface area (Å²) in [5.74, 6) is 0.495. The molecule has 2 rings (SSSR count). The summed E-state index contributed by atoms with van der Waals surface area (Å²) in [6.07, 6.45) is 5.32. The first kappa shape index (κ1) is 14.8. The number of pyridine rings is 1. The first-order valence-electron chi connectivity index (χ1n) is 7.19. The molecule has 0 atom stereocenters. The minimum atomic E-state index is -0.693. The molecular weight excluding hydrogens is 254 g/mol. The lowest BCUT2D eigenvalue weighted by Crippen LogP contribution is -2.51. The second-order valence-corrected chi connectivity index (χ2v) is 5.68. The summed E-state index contributed by atoms with van der Waals surface area (Å²) >= 11 is 0. The van der Waals surface area contributed by atoms with Crippen molar-refractivity contribution in [3.8, 4) is 5.88 Å². The Balaban J connectivity index is 1.98. The SMILES string of the molecule is CC(C)Oc1ncccc1CNC(=O)C1(N)CCCC1. The molecule has 1 aliphatic rings. The molecule has 110 valence electrons. The quantitative estimate of drug-likeness (QED) is 0.859. The number of hydrogen-bond donors (Lipinski definition) is 2. The van der Waals surface area contributed by atoms with Crippen molar-refractivity contribution in [3.63, 3.8) is 0 Å². The maximum absolute atomic E-state index is 12.2. The fraction of sp³-hybridized carbons (Fsp3) is 0.600. The third-order valence-corrected chi connectivity index (χ3v) is 3.58. The summed E-state index contributed by atoms with van der Waals surface area (Å²) in [5, 5.41) is 2.91. The molecule has 0 aromatic carbocycles. The van der Waals surface area contributed by atoms with E-state index in [4.69, 9.17) is 10.5 Å². The molecule has 5 heteroatoms. The van der Waals surface area contributed by atoms with Crippen LogP contribution in [-0.2, 0) is 11.3 Å². The van der Waals surface area contributed by atoms with Crippen molar-refractivity contribution in [2.24, 2.45) is 5.73 Å². The van der Waals surface area contributed by atoms with Gasteiger partial charge in [0.25, 0.3) is 0 Å². The highest BCUT2D eigenvalue weighted by atomic mass is 16.5. The Morgan fingerprint density at radius 2 is 2.20 bits per heavy atom. The molecule has 20 heavy (non-hydrogen) atoms. The summed E-state index contributed by atoms with van der Waals surface area (Å²) < 4.78 is 5.63. The van der Waals surface area contributed by atoms with E-state index in [1.165, 1.54) is 0 Å². The van der Waals surface area contributed by atoms with Gasteiger partial charge in [-0.05, 0) is 32.8 Å². The second kappa shape index (κ2) is 6.22. The molecule has 1 fully saturated rings. The molecule has 0 unspecified atom stereocenters. The minimum absolute atomic E-state index is 0.0510. The van der Waals surface area contributed by atoms with Crippen LogP contribution in [0.15, 0.2) is 18.3 Å². The van der Waals surface area contributed by atoms with Crippen molar-refractivity contribution in [1.82, 2.24) is 10.3 Å². The van der Waals surface area contributed by atoms with E-state index < -0.39 is 5.54 Å². The number of ether oxygens (including phenoxy) is 1. The van der Waals surface area contributed by atoms with Gasteiger partial charge in [0.05, 0.1) is 11.6 Å². The Labute approximate surface area is 119 Å². The minimum Gasteiger partial charge on any atom is -0.475 e. The lowest BCUT2D eigenvalue weighted by atomic mass is 9.98. The number of hydrogen-bond acceptors (Lipinski definition) is 4. The number of nitrogens with zero attached hydrogens (tertiary/aromatic N) is 1. The second-order valence-electron chi connectivity index (χ2n) is 5.68. The largest absolute Gasteiger partial charge is 0.475 e. The van der Waals surface area contributed by atoms with E-state index in [9.17, 15) is 4.79 Å². The van der Waals surface area contributed by atoms with E-state index >= 15 is 0 Å². The maximum atomic E-state index is 12.2. The Hall–Kier alpha value is -1.62. The third-order valence-electron chi connectivity index (χ3n) is 3.58. The van der Waals surface area contributed by atoms with Crippen LogP contribution in [0.5, 0.6) is 5.88 Å². The smallest absolute Gasteiger partial charge is 0.240 e. The van der Waals surface area contributed by atoms with Gasteiger partial charge in [0, 0.05) is 18.3 Å². The van der Waals surface area contributed by atoms with Crippen LogP contribution >= 0.6 is 0 Å². The molecule has 1 heterocycles. The number of amides is 1. The molecule has 1 saturated carbocycles. The summed E-state index contributed by atoms with van der Waals surface area (Å²) in [7, 11) is 0. The number of nitrogens with two attached hydrogens (primary N) is 1. The van der Waals surface area contributed by atoms with E-state index in [2.05, 4.69) is 10.3 Å². The van der Waals surface area contributed by atoms with E-state index in [0.29, 0.717) is 12.4 Å². The predicted octanol–water partition coefficient (Wildman–Crippen LogP) is 1.76. The highest BCUT2D eigenvalue weighted by molar-refractivity contribution is 5.86. The number of nitrogens with one attached hydrogen (secondary N) is 1. The van der Waals surface area contributed by atoms with E-state index in [0.717, 1.165) is 31.2 Å². The molecule has 3 N–H and O–H groups in total. The van der Waals surface area contributed by atoms with Gasteiger partial charge >= 0.3 is 0 Å². The zero-order valence-electron chi connectivity index (χ0n) is 12.2. The highest BCUT2D eigenvalue weighted by Gasteiger charge is 2.36. The Morgan fingerprint density at radius 1 is 1.50 bits per heavy atom. The molecule has 1 amide bonds. The highest BCUT2D eigenvalue weighted by Crippen LogP contribution is 2.27. The standard InChI is InChI=1S/C15H23N3O2/c1-11(2)20-13-12(6-5-9-17-13)10-18-14(19)15(16)7-3-4-8-15/h5-6,9,11H,3-4,7-8,10,16H2,1-2H3,(H,18,19). The summed E-state index contributed by atoms with van der Waals surface area (Å²) in [5.41, 5.74) is 6.30. The van der Waals surface area contributed by atoms with Crippen LogP contribution in [0.2, 0.25) is 0 Å². The molecule has 0 spiro atoms. The number of carbonyl (C=O) groups is 1. The Bertz CT molecular complexity index is 468. The zero-order chi connectivity index (χ0) is 14.6. The van der Waals surface area contributed by atoms with Gasteiger partial charge in [-0.15, -0.1) is 0 Å². The predicted molar refractivity (Wildman–Crippen MR) is 77.2 cm³/mol. The van der Waals surface area contributed by atoms with Gasteiger partial charge in [0.15, 0.2) is 0 Å². The van der Waals surface area contributed by atoms with Gasteiger partial charge in [-0.25, -0.2) is 4.98 Å². The van der Waals surface area contributed by atoms with Gasteiger partial charge < -0.3 is 15.8 Å². The van der Waals surface area contributed by atoms with Gasteiger partial charge in [-0.3, -0.25) is 4.79 Å². The summed E-state index contributed by atoms with van der Waals surface area (Å²) in [6.45, 7) is 4.29. The first-order chi connectivity index (χ1) is 9.51. The van der Waals surface area contributed by atoms with Crippen LogP contribution in [0.3, 0.4) is 0 Å². The molecular formula is C15H23N3O2. The average Bonchev–Trinajstić information content (AvgIpc) is 2.85. The van der Waals surface area contributed by atoms with Crippen molar-refractivity contribution in [2.45, 2.75) is 57.7 Å². The molecule has 0 bridgehead atoms. The Morgan fingerprint density at radius 3 is 2.85 bits per heavy atom. The molecule has 0 radical (unpaired) electrons. The molecule has 0 aliphatic heterocycles. The van der Waals surface area contributed by atoms with Gasteiger partial charge in [-0.1, -0.05) is 18.9 Å². The van der Waals surface area contributed by atoms with E-state index in [1.807, 2.05) is 26.0 Å². The van der Waals surface area contributed by atoms with Crippen LogP contribution in [0.25, 0.3) is 0 Å². The fourth-order valence-corrected chi connectivity index (χ4v) is 2.47. The monoisotopic (exact) mass is 277 g/mol. The molecule has 1 aromatic heterocycles. The van der Waals surface area contributed by atoms with Crippen LogP contribution < -0.4 is 15.8 Å². The van der Waals surface area contributed by atoms with Crippen molar-refractivity contribution in [2.75, 3.05) is 0 Å². The van der Waals surface area contributed by atoms with Crippen LogP contribution in [0.4, 0.5) is 0 Å². The Kier molecular flexibility index (Phi) is 4.60. The topological polar surface area (TPSA) is 77.2 Å². The van der Waals surface area contributed by atoms with Crippen molar-refractivity contribution >= 4 is 5.91 Å². The van der Waals surface area contributed by atoms with E-state index in [-0.39, 0.29) is 12.0 Å². The number of rotatable bonds is 5. The van der Waals surface area contributed by atoms with E-state index in [1.54, 1.807) is 6.20 Å². The van der Waals surface area contributed by atoms with Crippen LogP contribution in [0.1, 0.15) is 45.1 Å². The van der Waals surface area contributed by atoms with Crippen molar-refractivity contribution in [1.29, 1.82) is 0 Å². The number of aromatic nitrogens is 1. The van der Waals surface area contributed by atoms with Crippen LogP contribution in [0, 0.1) is 0 Å². The molecule has 1 aromatic rings. The summed E-state index contributed by atoms with van der Waals surface area (Å²) in [4.78, 5) is 16.4. The van der Waals surface area contributed by atoms with Crippen molar-refractivity contribution in [3.05, 3.63) is 23.9 Å². The lowest BCUT2D eigenvalue weighted by Gasteiger charge is -2.22. The van der Waals surface area contributed by atoms with Crippen molar-refractivity contribution < 1.29 is 9.53 Å². The molecule has 5 nitrogen and oxygen atoms in total. The normalized spacial score (nSPS) is 17.2. The summed E-state index contributed by atoms with van der Waals surface area (Å²) in [6, 6.07) is 3.74. The number of carbonyl (C=O) groups excluding carboxylic acids is 1. The average molecular weight is 277 g/mol. The van der Waals surface area contributed by atoms with Crippen LogP contribution in [-0.4, -0.2) is 22.5 Å². The molecule has 1 aliphatic carbocycles. The van der Waals surface area contributed by atoms with Gasteiger partial charge in [0.1, 0.15) is 0 Å². The molecule has 0 saturated heterocycles. The lowest BCUT2D eigenvalue weighted by molar-refractivity contribution is -0.126.